The summed E-state index contributed by atoms with van der Waals surface area (Å²) in [6, 6.07) is 12.4. The average Bonchev–Trinajstić information content (AvgIpc) is 2.83. The molecule has 0 unspecified atom stereocenters. The van der Waals surface area contributed by atoms with E-state index in [1.165, 1.54) is 22.3 Å². The van der Waals surface area contributed by atoms with Crippen molar-refractivity contribution in [3.63, 3.8) is 0 Å². The molecule has 0 bridgehead atoms. The number of hydrazine groups is 1. The van der Waals surface area contributed by atoms with Crippen LogP contribution in [0.4, 0.5) is 0 Å². The average molecular weight is 416 g/mol. The van der Waals surface area contributed by atoms with Crippen molar-refractivity contribution in [1.29, 1.82) is 0 Å². The molecule has 0 atom stereocenters. The number of hydrogen-bond acceptors (Lipinski definition) is 5. The Balaban J connectivity index is 2.05. The number of nitrogens with one attached hydrogen (secondary N) is 1. The molecule has 3 aromatic heterocycles. The van der Waals surface area contributed by atoms with Crippen LogP contribution < -0.4 is 11.3 Å². The first-order valence-electron chi connectivity index (χ1n) is 11.2. The van der Waals surface area contributed by atoms with Crippen LogP contribution in [0.3, 0.4) is 0 Å². The molecule has 3 aromatic rings. The van der Waals surface area contributed by atoms with Gasteiger partial charge in [0.2, 0.25) is 0 Å². The highest BCUT2D eigenvalue weighted by Gasteiger charge is 2.16. The van der Waals surface area contributed by atoms with E-state index < -0.39 is 0 Å². The van der Waals surface area contributed by atoms with Crippen molar-refractivity contribution in [2.45, 2.75) is 59.3 Å². The standard InChI is InChI=1S/C26H33N5/c1-4-19-10-7-13-28-23(19)16-22(17-24-20(5-2)11-8-14-29-24)26(31-27)18-25-21(6-3)12-9-15-30-25/h7-15,31H,4-6,16-18,27H2,1-3H3. The van der Waals surface area contributed by atoms with Crippen LogP contribution in [0.25, 0.3) is 0 Å². The van der Waals surface area contributed by atoms with Gasteiger partial charge in [-0.1, -0.05) is 39.0 Å². The highest BCUT2D eigenvalue weighted by molar-refractivity contribution is 5.34. The number of allylic oxidation sites excluding steroid dienone is 2. The fraction of sp³-hybridized carbons (Fsp3) is 0.346. The van der Waals surface area contributed by atoms with Crippen molar-refractivity contribution in [3.05, 3.63) is 100 Å². The number of rotatable bonds is 10. The Labute approximate surface area is 185 Å². The van der Waals surface area contributed by atoms with Crippen LogP contribution in [-0.4, -0.2) is 15.0 Å². The highest BCUT2D eigenvalue weighted by atomic mass is 15.2. The zero-order valence-electron chi connectivity index (χ0n) is 18.9. The van der Waals surface area contributed by atoms with Gasteiger partial charge in [-0.15, -0.1) is 0 Å². The third-order valence-electron chi connectivity index (χ3n) is 5.80. The maximum absolute atomic E-state index is 6.08. The first-order valence-corrected chi connectivity index (χ1v) is 11.2. The van der Waals surface area contributed by atoms with Crippen molar-refractivity contribution in [1.82, 2.24) is 20.4 Å². The maximum atomic E-state index is 6.08. The van der Waals surface area contributed by atoms with Crippen molar-refractivity contribution in [2.24, 2.45) is 5.84 Å². The summed E-state index contributed by atoms with van der Waals surface area (Å²) in [4.78, 5) is 14.0. The second kappa shape index (κ2) is 11.4. The van der Waals surface area contributed by atoms with Gasteiger partial charge in [-0.05, 0) is 59.7 Å². The number of aryl methyl sites for hydroxylation is 3. The van der Waals surface area contributed by atoms with E-state index in [0.717, 1.165) is 54.9 Å². The number of hydrogen-bond donors (Lipinski definition) is 2. The molecular weight excluding hydrogens is 382 g/mol. The van der Waals surface area contributed by atoms with Gasteiger partial charge in [-0.2, -0.15) is 0 Å². The Morgan fingerprint density at radius 2 is 1.06 bits per heavy atom. The van der Waals surface area contributed by atoms with Gasteiger partial charge in [0.1, 0.15) is 0 Å². The number of nitrogens with two attached hydrogens (primary N) is 1. The molecule has 0 spiro atoms. The Kier molecular flexibility index (Phi) is 8.30. The minimum Gasteiger partial charge on any atom is -0.328 e. The molecule has 5 nitrogen and oxygen atoms in total. The van der Waals surface area contributed by atoms with E-state index in [4.69, 9.17) is 15.8 Å². The van der Waals surface area contributed by atoms with Gasteiger partial charge in [0.05, 0.1) is 0 Å². The van der Waals surface area contributed by atoms with Gasteiger partial charge >= 0.3 is 0 Å². The topological polar surface area (TPSA) is 76.7 Å². The molecule has 0 fully saturated rings. The van der Waals surface area contributed by atoms with Gasteiger partial charge < -0.3 is 5.43 Å². The van der Waals surface area contributed by atoms with Crippen molar-refractivity contribution in [2.75, 3.05) is 0 Å². The van der Waals surface area contributed by atoms with E-state index in [-0.39, 0.29) is 0 Å². The molecule has 31 heavy (non-hydrogen) atoms. The minimum atomic E-state index is 0.665. The molecule has 3 heterocycles. The molecule has 0 saturated heterocycles. The molecule has 3 N–H and O–H groups in total. The third-order valence-corrected chi connectivity index (χ3v) is 5.80. The van der Waals surface area contributed by atoms with Crippen LogP contribution in [-0.2, 0) is 38.5 Å². The minimum absolute atomic E-state index is 0.665. The van der Waals surface area contributed by atoms with Crippen LogP contribution >= 0.6 is 0 Å². The fourth-order valence-electron chi connectivity index (χ4n) is 3.98. The Bertz CT molecular complexity index is 974. The first-order chi connectivity index (χ1) is 15.2. The van der Waals surface area contributed by atoms with E-state index in [0.29, 0.717) is 6.42 Å². The van der Waals surface area contributed by atoms with E-state index in [1.807, 2.05) is 36.8 Å². The van der Waals surface area contributed by atoms with Crippen LogP contribution in [0, 0.1) is 0 Å². The predicted octanol–water partition coefficient (Wildman–Crippen LogP) is 4.30. The zero-order chi connectivity index (χ0) is 22.1. The van der Waals surface area contributed by atoms with Gasteiger partial charge in [0.25, 0.3) is 0 Å². The third kappa shape index (κ3) is 5.76. The summed E-state index contributed by atoms with van der Waals surface area (Å²) >= 11 is 0. The van der Waals surface area contributed by atoms with Gasteiger partial charge in [-0.3, -0.25) is 20.8 Å². The molecule has 5 heteroatoms. The maximum Gasteiger partial charge on any atom is 0.0494 e. The lowest BCUT2D eigenvalue weighted by Crippen LogP contribution is -2.26. The lowest BCUT2D eigenvalue weighted by Gasteiger charge is -2.18. The van der Waals surface area contributed by atoms with E-state index in [9.17, 15) is 0 Å². The highest BCUT2D eigenvalue weighted by Crippen LogP contribution is 2.22. The molecule has 3 rings (SSSR count). The molecule has 0 aromatic carbocycles. The number of nitrogens with zero attached hydrogens (tertiary/aromatic N) is 3. The van der Waals surface area contributed by atoms with E-state index in [2.05, 4.69) is 49.4 Å². The van der Waals surface area contributed by atoms with Crippen molar-refractivity contribution >= 4 is 0 Å². The lowest BCUT2D eigenvalue weighted by molar-refractivity contribution is 0.769. The SMILES string of the molecule is CCc1cccnc1CC(Cc1ncccc1CC)=C(Cc1ncccc1CC)NN. The summed E-state index contributed by atoms with van der Waals surface area (Å²) in [5, 5.41) is 0. The largest absolute Gasteiger partial charge is 0.328 e. The molecule has 0 radical (unpaired) electrons. The first kappa shape index (κ1) is 22.6. The fourth-order valence-corrected chi connectivity index (χ4v) is 3.98. The predicted molar refractivity (Wildman–Crippen MR) is 126 cm³/mol. The Hall–Kier alpha value is -3.05. The molecule has 162 valence electrons. The molecule has 0 saturated carbocycles. The second-order valence-corrected chi connectivity index (χ2v) is 7.65. The Morgan fingerprint density at radius 1 is 0.677 bits per heavy atom. The second-order valence-electron chi connectivity index (χ2n) is 7.65. The lowest BCUT2D eigenvalue weighted by atomic mass is 9.94. The molecular formula is C26H33N5. The van der Waals surface area contributed by atoms with Crippen molar-refractivity contribution < 1.29 is 0 Å². The zero-order valence-corrected chi connectivity index (χ0v) is 18.9. The van der Waals surface area contributed by atoms with E-state index in [1.54, 1.807) is 0 Å². The normalized spacial score (nSPS) is 10.7. The summed E-state index contributed by atoms with van der Waals surface area (Å²) in [7, 11) is 0. The summed E-state index contributed by atoms with van der Waals surface area (Å²) in [6.45, 7) is 6.49. The van der Waals surface area contributed by atoms with Crippen LogP contribution in [0.1, 0.15) is 54.5 Å². The van der Waals surface area contributed by atoms with E-state index >= 15 is 0 Å². The van der Waals surface area contributed by atoms with Crippen molar-refractivity contribution in [3.8, 4) is 0 Å². The summed E-state index contributed by atoms with van der Waals surface area (Å²) in [5.74, 6) is 6.08. The quantitative estimate of drug-likeness (QED) is 0.381. The number of aromatic nitrogens is 3. The van der Waals surface area contributed by atoms with Gasteiger partial charge in [-0.25, -0.2) is 0 Å². The van der Waals surface area contributed by atoms with Gasteiger partial charge in [0.15, 0.2) is 0 Å². The molecule has 0 amide bonds. The summed E-state index contributed by atoms with van der Waals surface area (Å²) in [5.41, 5.74) is 12.2. The Morgan fingerprint density at radius 3 is 1.42 bits per heavy atom. The van der Waals surface area contributed by atoms with Crippen LogP contribution in [0.2, 0.25) is 0 Å². The smallest absolute Gasteiger partial charge is 0.0494 e. The number of pyridine rings is 3. The molecule has 0 aliphatic rings. The van der Waals surface area contributed by atoms with Gasteiger partial charge in [0, 0.05) is 60.6 Å². The summed E-state index contributed by atoms with van der Waals surface area (Å²) < 4.78 is 0. The molecule has 0 aliphatic heterocycles. The van der Waals surface area contributed by atoms with Crippen LogP contribution in [0.15, 0.2) is 66.3 Å². The summed E-state index contributed by atoms with van der Waals surface area (Å²) in [6.07, 6.45) is 10.6. The monoisotopic (exact) mass is 415 g/mol. The van der Waals surface area contributed by atoms with Crippen LogP contribution in [0.5, 0.6) is 0 Å². The molecule has 0 aliphatic carbocycles.